The van der Waals surface area contributed by atoms with Gasteiger partial charge in [-0.25, -0.2) is 0 Å². The number of nitrogens with one attached hydrogen (secondary N) is 3. The Balaban J connectivity index is 1.55. The van der Waals surface area contributed by atoms with Crippen LogP contribution in [0.1, 0.15) is 31.1 Å². The van der Waals surface area contributed by atoms with Gasteiger partial charge in [0, 0.05) is 26.9 Å². The van der Waals surface area contributed by atoms with E-state index in [0.717, 1.165) is 4.47 Å². The van der Waals surface area contributed by atoms with E-state index in [2.05, 4.69) is 32.1 Å². The highest BCUT2D eigenvalue weighted by molar-refractivity contribution is 9.10. The molecule has 3 amide bonds. The lowest BCUT2D eigenvalue weighted by molar-refractivity contribution is 0.0846. The van der Waals surface area contributed by atoms with Gasteiger partial charge >= 0.3 is 0 Å². The van der Waals surface area contributed by atoms with E-state index < -0.39 is 11.8 Å². The molecule has 0 bridgehead atoms. The highest BCUT2D eigenvalue weighted by Crippen LogP contribution is 2.15. The van der Waals surface area contributed by atoms with Crippen LogP contribution in [0.3, 0.4) is 0 Å². The molecule has 3 aromatic rings. The molecule has 0 fully saturated rings. The van der Waals surface area contributed by atoms with E-state index in [0.29, 0.717) is 28.1 Å². The van der Waals surface area contributed by atoms with Crippen molar-refractivity contribution in [3.63, 3.8) is 0 Å². The van der Waals surface area contributed by atoms with Gasteiger partial charge in [-0.15, -0.1) is 0 Å². The number of rotatable bonds is 5. The van der Waals surface area contributed by atoms with Gasteiger partial charge in [0.25, 0.3) is 17.7 Å². The summed E-state index contributed by atoms with van der Waals surface area (Å²) in [5.74, 6) is -0.529. The van der Waals surface area contributed by atoms with Crippen molar-refractivity contribution in [3.05, 3.63) is 94.0 Å². The van der Waals surface area contributed by atoms with Crippen molar-refractivity contribution in [3.8, 4) is 5.75 Å². The van der Waals surface area contributed by atoms with Gasteiger partial charge in [-0.3, -0.25) is 25.2 Å². The summed E-state index contributed by atoms with van der Waals surface area (Å²) in [5.41, 5.74) is 6.47. The van der Waals surface area contributed by atoms with Crippen LogP contribution in [0.25, 0.3) is 0 Å². The van der Waals surface area contributed by atoms with Crippen LogP contribution in [0.2, 0.25) is 0 Å². The van der Waals surface area contributed by atoms with Crippen LogP contribution in [0, 0.1) is 0 Å². The molecule has 152 valence electrons. The molecule has 0 aliphatic heterocycles. The second-order valence-electron chi connectivity index (χ2n) is 6.18. The number of carbonyl (C=O) groups excluding carboxylic acids is 3. The summed E-state index contributed by atoms with van der Waals surface area (Å²) in [4.78, 5) is 36.5. The third-order valence-electron chi connectivity index (χ3n) is 4.15. The maximum atomic E-state index is 12.3. The Morgan fingerprint density at radius 3 is 1.60 bits per heavy atom. The molecule has 7 nitrogen and oxygen atoms in total. The van der Waals surface area contributed by atoms with Crippen molar-refractivity contribution < 1.29 is 19.1 Å². The first kappa shape index (κ1) is 21.1. The fourth-order valence-corrected chi connectivity index (χ4v) is 2.77. The number of halogens is 1. The van der Waals surface area contributed by atoms with E-state index >= 15 is 0 Å². The van der Waals surface area contributed by atoms with Crippen molar-refractivity contribution >= 4 is 39.3 Å². The molecular weight excluding hydrogens is 450 g/mol. The molecule has 0 radical (unpaired) electrons. The standard InChI is InChI=1S/C22H18BrN3O4/c1-30-19-12-6-14(7-13-19)20(27)24-18-10-4-16(5-11-18)22(29)26-25-21(28)15-2-8-17(23)9-3-15/h2-13H,1H3,(H,24,27)(H,25,28)(H,26,29). The number of benzene rings is 3. The van der Waals surface area contributed by atoms with Crippen molar-refractivity contribution in [2.45, 2.75) is 0 Å². The number of ether oxygens (including phenoxy) is 1. The predicted molar refractivity (Wildman–Crippen MR) is 116 cm³/mol. The SMILES string of the molecule is COc1ccc(C(=O)Nc2ccc(C(=O)NNC(=O)c3ccc(Br)cc3)cc2)cc1. The lowest BCUT2D eigenvalue weighted by Crippen LogP contribution is -2.41. The Morgan fingerprint density at radius 2 is 1.10 bits per heavy atom. The van der Waals surface area contributed by atoms with Crippen molar-refractivity contribution in [2.75, 3.05) is 12.4 Å². The minimum absolute atomic E-state index is 0.281. The summed E-state index contributed by atoms with van der Waals surface area (Å²) in [5, 5.41) is 2.75. The molecule has 0 saturated heterocycles. The average molecular weight is 468 g/mol. The van der Waals surface area contributed by atoms with Crippen LogP contribution in [0.5, 0.6) is 5.75 Å². The summed E-state index contributed by atoms with van der Waals surface area (Å²) in [6.07, 6.45) is 0. The first-order valence-corrected chi connectivity index (χ1v) is 9.67. The molecule has 0 unspecified atom stereocenters. The summed E-state index contributed by atoms with van der Waals surface area (Å²) in [6.45, 7) is 0. The topological polar surface area (TPSA) is 96.5 Å². The van der Waals surface area contributed by atoms with Gasteiger partial charge < -0.3 is 10.1 Å². The molecule has 3 N–H and O–H groups in total. The van der Waals surface area contributed by atoms with Crippen LogP contribution in [-0.4, -0.2) is 24.8 Å². The quantitative estimate of drug-likeness (QED) is 0.497. The molecule has 3 rings (SSSR count). The summed E-state index contributed by atoms with van der Waals surface area (Å²) in [6, 6.07) is 19.7. The fourth-order valence-electron chi connectivity index (χ4n) is 2.51. The molecule has 3 aromatic carbocycles. The maximum Gasteiger partial charge on any atom is 0.269 e. The molecule has 30 heavy (non-hydrogen) atoms. The number of anilines is 1. The molecule has 8 heteroatoms. The number of amides is 3. The molecule has 0 spiro atoms. The zero-order chi connectivity index (χ0) is 21.5. The van der Waals surface area contributed by atoms with E-state index in [1.165, 1.54) is 0 Å². The Labute approximate surface area is 181 Å². The molecule has 0 aliphatic rings. The Morgan fingerprint density at radius 1 is 0.667 bits per heavy atom. The van der Waals surface area contributed by atoms with Gasteiger partial charge in [0.1, 0.15) is 5.75 Å². The van der Waals surface area contributed by atoms with Crippen LogP contribution < -0.4 is 20.9 Å². The van der Waals surface area contributed by atoms with Crippen molar-refractivity contribution in [1.82, 2.24) is 10.9 Å². The van der Waals surface area contributed by atoms with E-state index in [-0.39, 0.29) is 5.91 Å². The smallest absolute Gasteiger partial charge is 0.269 e. The summed E-state index contributed by atoms with van der Waals surface area (Å²) >= 11 is 3.29. The van der Waals surface area contributed by atoms with Gasteiger partial charge in [0.05, 0.1) is 7.11 Å². The molecular formula is C22H18BrN3O4. The van der Waals surface area contributed by atoms with Gasteiger partial charge in [-0.2, -0.15) is 0 Å². The van der Waals surface area contributed by atoms with Crippen molar-refractivity contribution in [2.24, 2.45) is 0 Å². The van der Waals surface area contributed by atoms with Crippen LogP contribution in [0.15, 0.2) is 77.3 Å². The summed E-state index contributed by atoms with van der Waals surface area (Å²) < 4.78 is 5.92. The highest BCUT2D eigenvalue weighted by atomic mass is 79.9. The number of carbonyl (C=O) groups is 3. The van der Waals surface area contributed by atoms with E-state index in [1.807, 2.05) is 0 Å². The minimum Gasteiger partial charge on any atom is -0.497 e. The van der Waals surface area contributed by atoms with E-state index in [4.69, 9.17) is 4.74 Å². The number of hydrogen-bond donors (Lipinski definition) is 3. The van der Waals surface area contributed by atoms with Crippen molar-refractivity contribution in [1.29, 1.82) is 0 Å². The Bertz CT molecular complexity index is 1050. The normalized spacial score (nSPS) is 10.1. The fraction of sp³-hybridized carbons (Fsp3) is 0.0455. The number of hydrogen-bond acceptors (Lipinski definition) is 4. The Hall–Kier alpha value is -3.65. The first-order valence-electron chi connectivity index (χ1n) is 8.88. The summed E-state index contributed by atoms with van der Waals surface area (Å²) in [7, 11) is 1.55. The van der Waals surface area contributed by atoms with Gasteiger partial charge in [0.2, 0.25) is 0 Å². The lowest BCUT2D eigenvalue weighted by Gasteiger charge is -2.09. The Kier molecular flexibility index (Phi) is 6.82. The second kappa shape index (κ2) is 9.71. The van der Waals surface area contributed by atoms with Crippen LogP contribution >= 0.6 is 15.9 Å². The maximum absolute atomic E-state index is 12.3. The first-order chi connectivity index (χ1) is 14.5. The van der Waals surface area contributed by atoms with Crippen LogP contribution in [0.4, 0.5) is 5.69 Å². The number of hydrazine groups is 1. The molecule has 0 saturated carbocycles. The third-order valence-corrected chi connectivity index (χ3v) is 4.68. The predicted octanol–water partition coefficient (Wildman–Crippen LogP) is 3.78. The zero-order valence-corrected chi connectivity index (χ0v) is 17.5. The lowest BCUT2D eigenvalue weighted by atomic mass is 10.1. The average Bonchev–Trinajstić information content (AvgIpc) is 2.78. The van der Waals surface area contributed by atoms with Gasteiger partial charge in [0.15, 0.2) is 0 Å². The third kappa shape index (κ3) is 5.45. The van der Waals surface area contributed by atoms with Gasteiger partial charge in [-0.05, 0) is 72.8 Å². The van der Waals surface area contributed by atoms with E-state index in [1.54, 1.807) is 79.9 Å². The highest BCUT2D eigenvalue weighted by Gasteiger charge is 2.10. The molecule has 0 heterocycles. The minimum atomic E-state index is -0.478. The monoisotopic (exact) mass is 467 g/mol. The van der Waals surface area contributed by atoms with E-state index in [9.17, 15) is 14.4 Å². The number of methoxy groups -OCH3 is 1. The molecule has 0 aliphatic carbocycles. The van der Waals surface area contributed by atoms with Gasteiger partial charge in [-0.1, -0.05) is 15.9 Å². The molecule has 0 atom stereocenters. The zero-order valence-electron chi connectivity index (χ0n) is 15.9. The largest absolute Gasteiger partial charge is 0.497 e. The second-order valence-corrected chi connectivity index (χ2v) is 7.09. The van der Waals surface area contributed by atoms with Crippen LogP contribution in [-0.2, 0) is 0 Å². The molecule has 0 aromatic heterocycles.